The number of hydrogen-bond donors (Lipinski definition) is 1. The molecule has 1 heterocycles. The summed E-state index contributed by atoms with van der Waals surface area (Å²) in [7, 11) is 1.86. The molecule has 0 radical (unpaired) electrons. The van der Waals surface area contributed by atoms with E-state index in [-0.39, 0.29) is 11.9 Å². The molecule has 0 saturated heterocycles. The van der Waals surface area contributed by atoms with E-state index in [1.54, 1.807) is 17.4 Å². The summed E-state index contributed by atoms with van der Waals surface area (Å²) < 4.78 is 14.7. The summed E-state index contributed by atoms with van der Waals surface area (Å²) in [5, 5.41) is 4.99. The van der Waals surface area contributed by atoms with Gasteiger partial charge in [-0.1, -0.05) is 29.8 Å². The van der Waals surface area contributed by atoms with Crippen LogP contribution < -0.4 is 5.32 Å². The van der Waals surface area contributed by atoms with Crippen molar-refractivity contribution in [1.29, 1.82) is 0 Å². The minimum absolute atomic E-state index is 0.101. The standard InChI is InChI=1S/C16H13ClFNS/c1-19-16(12-9-11(18)6-7-13(12)17)15-8-10-4-2-3-5-14(10)20-15/h2-9,16,19H,1H3. The Labute approximate surface area is 126 Å². The Morgan fingerprint density at radius 2 is 1.95 bits per heavy atom. The molecule has 3 rings (SSSR count). The second-order valence-electron chi connectivity index (χ2n) is 4.57. The Morgan fingerprint density at radius 3 is 2.70 bits per heavy atom. The first kappa shape index (κ1) is 13.6. The lowest BCUT2D eigenvalue weighted by atomic mass is 10.0. The molecule has 0 aliphatic heterocycles. The van der Waals surface area contributed by atoms with Gasteiger partial charge in [-0.3, -0.25) is 0 Å². The molecule has 1 atom stereocenters. The van der Waals surface area contributed by atoms with Crippen molar-refractivity contribution in [3.05, 3.63) is 69.8 Å². The maximum Gasteiger partial charge on any atom is 0.123 e. The molecule has 0 spiro atoms. The molecule has 0 amide bonds. The molecule has 1 unspecified atom stereocenters. The van der Waals surface area contributed by atoms with Crippen LogP contribution in [0.3, 0.4) is 0 Å². The van der Waals surface area contributed by atoms with Gasteiger partial charge in [0.15, 0.2) is 0 Å². The SMILES string of the molecule is CNC(c1cc2ccccc2s1)c1cc(F)ccc1Cl. The van der Waals surface area contributed by atoms with Crippen LogP contribution in [0.4, 0.5) is 4.39 Å². The summed E-state index contributed by atoms with van der Waals surface area (Å²) in [6.07, 6.45) is 0. The highest BCUT2D eigenvalue weighted by Crippen LogP contribution is 2.35. The van der Waals surface area contributed by atoms with E-state index in [9.17, 15) is 4.39 Å². The van der Waals surface area contributed by atoms with Crippen molar-refractivity contribution >= 4 is 33.0 Å². The number of halogens is 2. The first-order valence-electron chi connectivity index (χ1n) is 6.29. The van der Waals surface area contributed by atoms with Gasteiger partial charge in [0.1, 0.15) is 5.82 Å². The molecular formula is C16H13ClFNS. The smallest absolute Gasteiger partial charge is 0.123 e. The van der Waals surface area contributed by atoms with Gasteiger partial charge in [0.05, 0.1) is 6.04 Å². The quantitative estimate of drug-likeness (QED) is 0.718. The molecule has 1 aromatic heterocycles. The third kappa shape index (κ3) is 2.44. The monoisotopic (exact) mass is 305 g/mol. The Bertz CT molecular complexity index is 720. The molecule has 1 nitrogen and oxygen atoms in total. The molecule has 0 bridgehead atoms. The summed E-state index contributed by atoms with van der Waals surface area (Å²) in [5.74, 6) is -0.272. The highest BCUT2D eigenvalue weighted by molar-refractivity contribution is 7.19. The average Bonchev–Trinajstić information content (AvgIpc) is 2.87. The molecule has 2 aromatic carbocycles. The number of hydrogen-bond acceptors (Lipinski definition) is 2. The van der Waals surface area contributed by atoms with Crippen molar-refractivity contribution in [2.75, 3.05) is 7.05 Å². The molecule has 0 fully saturated rings. The van der Waals surface area contributed by atoms with Gasteiger partial charge in [-0.05, 0) is 48.3 Å². The summed E-state index contributed by atoms with van der Waals surface area (Å²) in [6, 6.07) is 14.7. The van der Waals surface area contributed by atoms with E-state index >= 15 is 0 Å². The fourth-order valence-corrected chi connectivity index (χ4v) is 3.75. The number of thiophene rings is 1. The van der Waals surface area contributed by atoms with Gasteiger partial charge in [-0.25, -0.2) is 4.39 Å². The van der Waals surface area contributed by atoms with Crippen LogP contribution in [-0.4, -0.2) is 7.05 Å². The van der Waals surface area contributed by atoms with Gasteiger partial charge >= 0.3 is 0 Å². The van der Waals surface area contributed by atoms with Crippen LogP contribution in [0.15, 0.2) is 48.5 Å². The van der Waals surface area contributed by atoms with Gasteiger partial charge in [0.2, 0.25) is 0 Å². The van der Waals surface area contributed by atoms with Crippen molar-refractivity contribution in [3.8, 4) is 0 Å². The van der Waals surface area contributed by atoms with Crippen LogP contribution in [0.25, 0.3) is 10.1 Å². The maximum atomic E-state index is 13.5. The maximum absolute atomic E-state index is 13.5. The van der Waals surface area contributed by atoms with Crippen molar-refractivity contribution < 1.29 is 4.39 Å². The Hall–Kier alpha value is -1.42. The van der Waals surface area contributed by atoms with Crippen molar-refractivity contribution in [2.24, 2.45) is 0 Å². The molecule has 4 heteroatoms. The van der Waals surface area contributed by atoms with Crippen LogP contribution in [0.5, 0.6) is 0 Å². The van der Waals surface area contributed by atoms with E-state index in [0.717, 1.165) is 10.4 Å². The summed E-state index contributed by atoms with van der Waals surface area (Å²) in [4.78, 5) is 1.13. The zero-order chi connectivity index (χ0) is 14.1. The summed E-state index contributed by atoms with van der Waals surface area (Å²) in [6.45, 7) is 0. The van der Waals surface area contributed by atoms with Gasteiger partial charge in [0, 0.05) is 14.6 Å². The largest absolute Gasteiger partial charge is 0.309 e. The third-order valence-electron chi connectivity index (χ3n) is 3.29. The minimum atomic E-state index is -0.272. The predicted octanol–water partition coefficient (Wildman–Crippen LogP) is 5.00. The van der Waals surface area contributed by atoms with Crippen LogP contribution in [0, 0.1) is 5.82 Å². The van der Waals surface area contributed by atoms with E-state index < -0.39 is 0 Å². The highest BCUT2D eigenvalue weighted by Gasteiger charge is 2.18. The van der Waals surface area contributed by atoms with Crippen molar-refractivity contribution in [1.82, 2.24) is 5.32 Å². The first-order valence-corrected chi connectivity index (χ1v) is 7.49. The lowest BCUT2D eigenvalue weighted by Gasteiger charge is -2.16. The topological polar surface area (TPSA) is 12.0 Å². The van der Waals surface area contributed by atoms with E-state index in [0.29, 0.717) is 5.02 Å². The zero-order valence-corrected chi connectivity index (χ0v) is 12.4. The minimum Gasteiger partial charge on any atom is -0.309 e. The van der Waals surface area contributed by atoms with Gasteiger partial charge in [-0.2, -0.15) is 0 Å². The number of fused-ring (bicyclic) bond motifs is 1. The molecule has 102 valence electrons. The fraction of sp³-hybridized carbons (Fsp3) is 0.125. The lowest BCUT2D eigenvalue weighted by Crippen LogP contribution is -2.17. The molecule has 0 aliphatic carbocycles. The lowest BCUT2D eigenvalue weighted by molar-refractivity contribution is 0.618. The van der Waals surface area contributed by atoms with E-state index in [4.69, 9.17) is 11.6 Å². The van der Waals surface area contributed by atoms with Gasteiger partial charge in [-0.15, -0.1) is 11.3 Å². The van der Waals surface area contributed by atoms with Crippen LogP contribution in [-0.2, 0) is 0 Å². The summed E-state index contributed by atoms with van der Waals surface area (Å²) >= 11 is 7.91. The van der Waals surface area contributed by atoms with E-state index in [2.05, 4.69) is 23.5 Å². The van der Waals surface area contributed by atoms with Gasteiger partial charge in [0.25, 0.3) is 0 Å². The summed E-state index contributed by atoms with van der Waals surface area (Å²) in [5.41, 5.74) is 0.765. The van der Waals surface area contributed by atoms with Crippen LogP contribution in [0.1, 0.15) is 16.5 Å². The Balaban J connectivity index is 2.11. The first-order chi connectivity index (χ1) is 9.69. The second kappa shape index (κ2) is 5.52. The number of rotatable bonds is 3. The van der Waals surface area contributed by atoms with Gasteiger partial charge < -0.3 is 5.32 Å². The Morgan fingerprint density at radius 1 is 1.15 bits per heavy atom. The molecule has 0 saturated carbocycles. The number of nitrogens with one attached hydrogen (secondary N) is 1. The normalized spacial score (nSPS) is 12.8. The molecule has 3 aromatic rings. The molecular weight excluding hydrogens is 293 g/mol. The molecule has 1 N–H and O–H groups in total. The third-order valence-corrected chi connectivity index (χ3v) is 4.81. The predicted molar refractivity (Wildman–Crippen MR) is 84.1 cm³/mol. The fourth-order valence-electron chi connectivity index (χ4n) is 2.33. The second-order valence-corrected chi connectivity index (χ2v) is 6.10. The zero-order valence-electron chi connectivity index (χ0n) is 10.9. The Kier molecular flexibility index (Phi) is 3.74. The highest BCUT2D eigenvalue weighted by atomic mass is 35.5. The van der Waals surface area contributed by atoms with E-state index in [1.807, 2.05) is 19.2 Å². The molecule has 20 heavy (non-hydrogen) atoms. The van der Waals surface area contributed by atoms with Crippen LogP contribution >= 0.6 is 22.9 Å². The average molecular weight is 306 g/mol. The van der Waals surface area contributed by atoms with E-state index in [1.165, 1.54) is 22.2 Å². The molecule has 0 aliphatic rings. The number of benzene rings is 2. The van der Waals surface area contributed by atoms with Crippen LogP contribution in [0.2, 0.25) is 5.02 Å². The van der Waals surface area contributed by atoms with Crippen molar-refractivity contribution in [2.45, 2.75) is 6.04 Å². The van der Waals surface area contributed by atoms with Crippen molar-refractivity contribution in [3.63, 3.8) is 0 Å².